The molecule has 0 spiro atoms. The first-order valence-corrected chi connectivity index (χ1v) is 6.91. The fraction of sp³-hybridized carbons (Fsp3) is 0.125. The molecular weight excluding hydrogens is 316 g/mol. The highest BCUT2D eigenvalue weighted by Crippen LogP contribution is 2.29. The largest absolute Gasteiger partial charge is 0.481 e. The molecule has 0 aliphatic rings. The van der Waals surface area contributed by atoms with Crippen molar-refractivity contribution in [1.82, 2.24) is 0 Å². The highest BCUT2D eigenvalue weighted by molar-refractivity contribution is 5.91. The lowest BCUT2D eigenvalue weighted by atomic mass is 10.1. The Labute approximate surface area is 136 Å². The van der Waals surface area contributed by atoms with Crippen molar-refractivity contribution in [2.75, 3.05) is 0 Å². The molecule has 0 saturated heterocycles. The fourth-order valence-corrected chi connectivity index (χ4v) is 2.01. The number of rotatable bonds is 6. The van der Waals surface area contributed by atoms with Crippen molar-refractivity contribution < 1.29 is 24.4 Å². The number of benzene rings is 2. The van der Waals surface area contributed by atoms with E-state index in [9.17, 15) is 19.7 Å². The second kappa shape index (κ2) is 7.34. The minimum absolute atomic E-state index is 0.219. The van der Waals surface area contributed by atoms with Crippen molar-refractivity contribution in [3.63, 3.8) is 0 Å². The van der Waals surface area contributed by atoms with E-state index in [0.29, 0.717) is 6.54 Å². The van der Waals surface area contributed by atoms with Crippen molar-refractivity contribution >= 4 is 17.6 Å². The SMILES string of the molecule is NCc1ccc(C(=O)Oc2ccc(CC(=O)O)cc2[N+](=O)[O-])cc1. The van der Waals surface area contributed by atoms with E-state index in [-0.39, 0.29) is 23.3 Å². The van der Waals surface area contributed by atoms with Crippen molar-refractivity contribution in [2.24, 2.45) is 5.73 Å². The van der Waals surface area contributed by atoms with Crippen LogP contribution in [0.3, 0.4) is 0 Å². The molecule has 0 fully saturated rings. The van der Waals surface area contributed by atoms with Gasteiger partial charge in [0.2, 0.25) is 5.75 Å². The van der Waals surface area contributed by atoms with E-state index >= 15 is 0 Å². The van der Waals surface area contributed by atoms with Gasteiger partial charge in [0, 0.05) is 12.6 Å². The summed E-state index contributed by atoms with van der Waals surface area (Å²) in [6.45, 7) is 0.325. The summed E-state index contributed by atoms with van der Waals surface area (Å²) < 4.78 is 5.07. The third-order valence-corrected chi connectivity index (χ3v) is 3.20. The van der Waals surface area contributed by atoms with Crippen molar-refractivity contribution in [2.45, 2.75) is 13.0 Å². The van der Waals surface area contributed by atoms with Crippen LogP contribution < -0.4 is 10.5 Å². The third kappa shape index (κ3) is 4.14. The Morgan fingerprint density at radius 1 is 1.12 bits per heavy atom. The van der Waals surface area contributed by atoms with E-state index in [1.807, 2.05) is 0 Å². The number of hydrogen-bond donors (Lipinski definition) is 2. The average molecular weight is 330 g/mol. The van der Waals surface area contributed by atoms with Crippen LogP contribution in [0, 0.1) is 10.1 Å². The van der Waals surface area contributed by atoms with Crippen LogP contribution in [0.25, 0.3) is 0 Å². The van der Waals surface area contributed by atoms with Gasteiger partial charge in [-0.3, -0.25) is 14.9 Å². The Hall–Kier alpha value is -3.26. The summed E-state index contributed by atoms with van der Waals surface area (Å²) in [5, 5.41) is 19.9. The molecule has 0 heterocycles. The van der Waals surface area contributed by atoms with Gasteiger partial charge >= 0.3 is 17.6 Å². The van der Waals surface area contributed by atoms with Gasteiger partial charge in [-0.25, -0.2) is 4.79 Å². The zero-order chi connectivity index (χ0) is 17.7. The third-order valence-electron chi connectivity index (χ3n) is 3.20. The lowest BCUT2D eigenvalue weighted by molar-refractivity contribution is -0.385. The van der Waals surface area contributed by atoms with Crippen LogP contribution in [-0.4, -0.2) is 22.0 Å². The number of nitrogens with zero attached hydrogens (tertiary/aromatic N) is 1. The van der Waals surface area contributed by atoms with Crippen molar-refractivity contribution in [3.8, 4) is 5.75 Å². The molecule has 0 amide bonds. The number of carboxylic acids is 1. The zero-order valence-corrected chi connectivity index (χ0v) is 12.5. The number of nitrogens with two attached hydrogens (primary N) is 1. The standard InChI is InChI=1S/C16H14N2O6/c17-9-10-1-4-12(5-2-10)16(21)24-14-6-3-11(8-15(19)20)7-13(14)18(22)23/h1-7H,8-9,17H2,(H,19,20). The Bertz CT molecular complexity index is 786. The molecule has 3 N–H and O–H groups in total. The molecule has 0 atom stereocenters. The topological polar surface area (TPSA) is 133 Å². The molecule has 2 aromatic rings. The van der Waals surface area contributed by atoms with Gasteiger partial charge in [-0.05, 0) is 29.3 Å². The lowest BCUT2D eigenvalue weighted by Gasteiger charge is -2.07. The first-order valence-electron chi connectivity index (χ1n) is 6.91. The molecular formula is C16H14N2O6. The maximum absolute atomic E-state index is 12.1. The number of ether oxygens (including phenoxy) is 1. The fourth-order valence-electron chi connectivity index (χ4n) is 2.01. The molecule has 0 bridgehead atoms. The van der Waals surface area contributed by atoms with E-state index in [1.54, 1.807) is 12.1 Å². The Kier molecular flexibility index (Phi) is 5.23. The van der Waals surface area contributed by atoms with Gasteiger partial charge in [0.05, 0.1) is 16.9 Å². The maximum atomic E-state index is 12.1. The molecule has 2 rings (SSSR count). The predicted molar refractivity (Wildman–Crippen MR) is 83.7 cm³/mol. The molecule has 0 radical (unpaired) electrons. The predicted octanol–water partition coefficient (Wildman–Crippen LogP) is 1.90. The normalized spacial score (nSPS) is 10.2. The van der Waals surface area contributed by atoms with Crippen LogP contribution in [0.15, 0.2) is 42.5 Å². The number of esters is 1. The van der Waals surface area contributed by atoms with Crippen LogP contribution >= 0.6 is 0 Å². The Morgan fingerprint density at radius 2 is 1.75 bits per heavy atom. The molecule has 24 heavy (non-hydrogen) atoms. The highest BCUT2D eigenvalue weighted by atomic mass is 16.6. The van der Waals surface area contributed by atoms with E-state index in [4.69, 9.17) is 15.6 Å². The second-order valence-electron chi connectivity index (χ2n) is 4.92. The van der Waals surface area contributed by atoms with E-state index < -0.39 is 22.5 Å². The zero-order valence-electron chi connectivity index (χ0n) is 12.5. The first-order chi connectivity index (χ1) is 11.4. The van der Waals surface area contributed by atoms with Gasteiger partial charge < -0.3 is 15.6 Å². The monoisotopic (exact) mass is 330 g/mol. The molecule has 0 unspecified atom stereocenters. The highest BCUT2D eigenvalue weighted by Gasteiger charge is 2.20. The lowest BCUT2D eigenvalue weighted by Crippen LogP contribution is -2.10. The summed E-state index contributed by atoms with van der Waals surface area (Å²) in [4.78, 5) is 33.2. The molecule has 0 aliphatic heterocycles. The van der Waals surface area contributed by atoms with E-state index in [2.05, 4.69) is 0 Å². The minimum atomic E-state index is -1.12. The van der Waals surface area contributed by atoms with Crippen LogP contribution in [0.2, 0.25) is 0 Å². The van der Waals surface area contributed by atoms with Gasteiger partial charge in [-0.15, -0.1) is 0 Å². The van der Waals surface area contributed by atoms with Crippen LogP contribution in [0.5, 0.6) is 5.75 Å². The van der Waals surface area contributed by atoms with Crippen molar-refractivity contribution in [1.29, 1.82) is 0 Å². The molecule has 2 aromatic carbocycles. The van der Waals surface area contributed by atoms with Crippen LogP contribution in [0.1, 0.15) is 21.5 Å². The van der Waals surface area contributed by atoms with Gasteiger partial charge in [-0.1, -0.05) is 18.2 Å². The number of nitro groups is 1. The summed E-state index contributed by atoms with van der Waals surface area (Å²) >= 11 is 0. The summed E-state index contributed by atoms with van der Waals surface area (Å²) in [5.74, 6) is -2.12. The van der Waals surface area contributed by atoms with Gasteiger partial charge in [-0.2, -0.15) is 0 Å². The summed E-state index contributed by atoms with van der Waals surface area (Å²) in [6.07, 6.45) is -0.365. The molecule has 124 valence electrons. The number of carbonyl (C=O) groups excluding carboxylic acids is 1. The molecule has 0 saturated carbocycles. The van der Waals surface area contributed by atoms with Gasteiger partial charge in [0.1, 0.15) is 0 Å². The second-order valence-corrected chi connectivity index (χ2v) is 4.92. The van der Waals surface area contributed by atoms with Crippen LogP contribution in [0.4, 0.5) is 5.69 Å². The molecule has 8 heteroatoms. The van der Waals surface area contributed by atoms with E-state index in [1.165, 1.54) is 24.3 Å². The van der Waals surface area contributed by atoms with Gasteiger partial charge in [0.15, 0.2) is 0 Å². The number of carbonyl (C=O) groups is 2. The minimum Gasteiger partial charge on any atom is -0.481 e. The number of carboxylic acid groups (broad SMARTS) is 1. The number of hydrogen-bond acceptors (Lipinski definition) is 6. The molecule has 0 aliphatic carbocycles. The Balaban J connectivity index is 2.25. The first kappa shape index (κ1) is 17.1. The summed E-state index contributed by atoms with van der Waals surface area (Å²) in [6, 6.07) is 9.98. The Morgan fingerprint density at radius 3 is 2.29 bits per heavy atom. The quantitative estimate of drug-likeness (QED) is 0.357. The average Bonchev–Trinajstić information content (AvgIpc) is 2.55. The molecule has 8 nitrogen and oxygen atoms in total. The maximum Gasteiger partial charge on any atom is 0.343 e. The number of aliphatic carboxylic acids is 1. The van der Waals surface area contributed by atoms with Crippen LogP contribution in [-0.2, 0) is 17.8 Å². The smallest absolute Gasteiger partial charge is 0.343 e. The summed E-state index contributed by atoms with van der Waals surface area (Å²) in [5.41, 5.74) is 6.28. The van der Waals surface area contributed by atoms with Crippen molar-refractivity contribution in [3.05, 3.63) is 69.3 Å². The van der Waals surface area contributed by atoms with Gasteiger partial charge in [0.25, 0.3) is 0 Å². The number of nitro benzene ring substituents is 1. The van der Waals surface area contributed by atoms with E-state index in [0.717, 1.165) is 11.6 Å². The molecule has 0 aromatic heterocycles. The summed E-state index contributed by atoms with van der Waals surface area (Å²) in [7, 11) is 0.